The van der Waals surface area contributed by atoms with Gasteiger partial charge < -0.3 is 29.6 Å². The lowest BCUT2D eigenvalue weighted by Gasteiger charge is -2.23. The molecule has 0 fully saturated rings. The lowest BCUT2D eigenvalue weighted by Crippen LogP contribution is -2.41. The first kappa shape index (κ1) is 34.7. The van der Waals surface area contributed by atoms with Gasteiger partial charge in [0.25, 0.3) is 0 Å². The van der Waals surface area contributed by atoms with Gasteiger partial charge in [-0.25, -0.2) is 0 Å². The highest BCUT2D eigenvalue weighted by Crippen LogP contribution is 2.50. The van der Waals surface area contributed by atoms with Crippen molar-refractivity contribution in [3.63, 3.8) is 0 Å². The second-order valence-corrected chi connectivity index (χ2v) is 11.8. The molecular formula is C36H42N6O7. The predicted octanol–water partition coefficient (Wildman–Crippen LogP) is 5.12. The molecule has 0 spiro atoms. The highest BCUT2D eigenvalue weighted by Gasteiger charge is 2.31. The number of nitrogens with one attached hydrogen (secondary N) is 4. The topological polar surface area (TPSA) is 166 Å². The summed E-state index contributed by atoms with van der Waals surface area (Å²) in [5.74, 6) is 1.67. The van der Waals surface area contributed by atoms with Gasteiger partial charge in [0.05, 0.1) is 45.7 Å². The normalized spacial score (nSPS) is 14.6. The number of nitrogens with zero attached hydrogens (tertiary/aromatic N) is 2. The molecule has 0 bridgehead atoms. The summed E-state index contributed by atoms with van der Waals surface area (Å²) in [5.41, 5.74) is 3.49. The van der Waals surface area contributed by atoms with Crippen molar-refractivity contribution < 1.29 is 28.5 Å². The second-order valence-electron chi connectivity index (χ2n) is 11.8. The molecule has 258 valence electrons. The van der Waals surface area contributed by atoms with E-state index in [2.05, 4.69) is 31.1 Å². The molecule has 1 heterocycles. The first-order chi connectivity index (χ1) is 23.6. The van der Waals surface area contributed by atoms with E-state index in [9.17, 15) is 14.4 Å². The molecule has 3 atom stereocenters. The minimum Gasteiger partial charge on any atom is -0.496 e. The van der Waals surface area contributed by atoms with E-state index in [1.165, 1.54) is 20.1 Å². The Labute approximate surface area is 284 Å². The molecule has 13 heteroatoms. The van der Waals surface area contributed by atoms with Crippen molar-refractivity contribution in [2.45, 2.75) is 52.1 Å². The molecule has 5 rings (SSSR count). The van der Waals surface area contributed by atoms with Gasteiger partial charge in [-0.15, -0.1) is 5.10 Å². The number of amides is 2. The van der Waals surface area contributed by atoms with E-state index in [0.717, 1.165) is 11.1 Å². The lowest BCUT2D eigenvalue weighted by molar-refractivity contribution is -0.120. The van der Waals surface area contributed by atoms with Crippen LogP contribution in [0.1, 0.15) is 50.8 Å². The van der Waals surface area contributed by atoms with Crippen LogP contribution in [0.5, 0.6) is 23.0 Å². The maximum Gasteiger partial charge on any atom is 0.249 e. The van der Waals surface area contributed by atoms with Gasteiger partial charge in [-0.1, -0.05) is 38.5 Å². The average molecular weight is 671 g/mol. The van der Waals surface area contributed by atoms with Crippen molar-refractivity contribution >= 4 is 23.5 Å². The third kappa shape index (κ3) is 7.15. The van der Waals surface area contributed by atoms with Crippen molar-refractivity contribution in [2.24, 2.45) is 5.92 Å². The molecule has 0 aliphatic heterocycles. The van der Waals surface area contributed by atoms with E-state index >= 15 is 0 Å². The van der Waals surface area contributed by atoms with Gasteiger partial charge in [0.15, 0.2) is 17.3 Å². The number of aromatic nitrogens is 3. The maximum atomic E-state index is 13.9. The Kier molecular flexibility index (Phi) is 10.7. The van der Waals surface area contributed by atoms with Crippen LogP contribution in [-0.2, 0) is 16.0 Å². The van der Waals surface area contributed by atoms with Gasteiger partial charge in [-0.3, -0.25) is 24.8 Å². The Morgan fingerprint density at radius 2 is 1.69 bits per heavy atom. The second kappa shape index (κ2) is 15.1. The minimum absolute atomic E-state index is 0.0833. The number of aromatic amines is 1. The Morgan fingerprint density at radius 1 is 0.959 bits per heavy atom. The summed E-state index contributed by atoms with van der Waals surface area (Å²) in [7, 11) is 6.20. The molecule has 2 amide bonds. The van der Waals surface area contributed by atoms with Crippen LogP contribution in [0.15, 0.2) is 53.3 Å². The summed E-state index contributed by atoms with van der Waals surface area (Å²) in [5, 5.41) is 16.0. The van der Waals surface area contributed by atoms with Crippen LogP contribution in [0, 0.1) is 5.92 Å². The largest absolute Gasteiger partial charge is 0.496 e. The van der Waals surface area contributed by atoms with Crippen LogP contribution in [0.25, 0.3) is 22.5 Å². The first-order valence-corrected chi connectivity index (χ1v) is 16.0. The highest BCUT2D eigenvalue weighted by molar-refractivity contribution is 5.95. The van der Waals surface area contributed by atoms with E-state index in [1.54, 1.807) is 33.5 Å². The molecule has 4 N–H and O–H groups in total. The zero-order chi connectivity index (χ0) is 35.2. The Hall–Kier alpha value is -5.59. The maximum absolute atomic E-state index is 13.9. The fourth-order valence-electron chi connectivity index (χ4n) is 6.16. The van der Waals surface area contributed by atoms with Crippen LogP contribution in [0.4, 0.5) is 11.6 Å². The van der Waals surface area contributed by atoms with Gasteiger partial charge >= 0.3 is 0 Å². The number of ether oxygens (including phenoxy) is 4. The fourth-order valence-corrected chi connectivity index (χ4v) is 6.16. The molecule has 0 saturated carbocycles. The smallest absolute Gasteiger partial charge is 0.249 e. The van der Waals surface area contributed by atoms with Crippen LogP contribution in [0.3, 0.4) is 0 Å². The number of carbonyl (C=O) groups is 2. The lowest BCUT2D eigenvalue weighted by atomic mass is 9.95. The summed E-state index contributed by atoms with van der Waals surface area (Å²) in [6.07, 6.45) is 1.74. The molecule has 1 aliphatic rings. The number of hydrogen-bond donors (Lipinski definition) is 4. The van der Waals surface area contributed by atoms with Crippen molar-refractivity contribution in [3.8, 4) is 45.5 Å². The van der Waals surface area contributed by atoms with Crippen LogP contribution >= 0.6 is 0 Å². The molecule has 1 aromatic heterocycles. The zero-order valence-corrected chi connectivity index (χ0v) is 28.7. The van der Waals surface area contributed by atoms with Crippen molar-refractivity contribution in [1.29, 1.82) is 0 Å². The number of benzene rings is 2. The summed E-state index contributed by atoms with van der Waals surface area (Å²) >= 11 is 0. The molecule has 4 aromatic rings. The van der Waals surface area contributed by atoms with Gasteiger partial charge in [-0.05, 0) is 65.8 Å². The van der Waals surface area contributed by atoms with Crippen molar-refractivity contribution in [3.05, 3.63) is 69.9 Å². The number of para-hydroxylation sites is 1. The molecule has 49 heavy (non-hydrogen) atoms. The summed E-state index contributed by atoms with van der Waals surface area (Å²) < 4.78 is 22.6. The van der Waals surface area contributed by atoms with Gasteiger partial charge in [0.2, 0.25) is 28.9 Å². The molecule has 3 unspecified atom stereocenters. The molecule has 3 aromatic carbocycles. The number of H-pyrrole nitrogens is 1. The quantitative estimate of drug-likeness (QED) is 0.159. The van der Waals surface area contributed by atoms with Crippen molar-refractivity contribution in [2.75, 3.05) is 39.1 Å². The SMILES string of the molecule is CCC(C)C(Nc1ccc2c(cc1=O)C(NC(C)=O)CCc1cc(OC)c(OC)c(OC)c1-2)C(=O)Nc1n[nH]c(-c2ccccc2OC)n1. The number of anilines is 2. The van der Waals surface area contributed by atoms with E-state index in [-0.39, 0.29) is 28.9 Å². The Balaban J connectivity index is 1.55. The third-order valence-electron chi connectivity index (χ3n) is 8.80. The number of carbonyl (C=O) groups excluding carboxylic acids is 2. The molecular weight excluding hydrogens is 628 g/mol. The predicted molar refractivity (Wildman–Crippen MR) is 187 cm³/mol. The van der Waals surface area contributed by atoms with Gasteiger partial charge in [0, 0.05) is 12.5 Å². The summed E-state index contributed by atoms with van der Waals surface area (Å²) in [4.78, 5) is 44.5. The number of fused-ring (bicyclic) bond motifs is 3. The standard InChI is InChI=1S/C36H42N6O7/c1-8-19(2)31(35(45)40-36-39-34(41-42-36)23-11-9-10-12-28(23)46-4)38-26-16-14-22-24(18-27(26)44)25(37-20(3)43)15-13-21-17-29(47-5)32(48-6)33(49-7)30(21)22/h9-12,14,16-19,25,31H,8,13,15H2,1-7H3,(H,37,43)(H,38,44)(H2,39,40,41,42,45). The molecule has 0 saturated heterocycles. The van der Waals surface area contributed by atoms with Crippen LogP contribution in [0.2, 0.25) is 0 Å². The number of rotatable bonds is 12. The van der Waals surface area contributed by atoms with E-state index < -0.39 is 18.0 Å². The average Bonchev–Trinajstić information content (AvgIpc) is 3.44. The minimum atomic E-state index is -0.814. The molecule has 0 radical (unpaired) electrons. The van der Waals surface area contributed by atoms with Crippen LogP contribution in [-0.4, -0.2) is 61.5 Å². The summed E-state index contributed by atoms with van der Waals surface area (Å²) in [6.45, 7) is 5.33. The van der Waals surface area contributed by atoms with E-state index in [4.69, 9.17) is 18.9 Å². The fraction of sp³-hybridized carbons (Fsp3) is 0.361. The van der Waals surface area contributed by atoms with E-state index in [0.29, 0.717) is 64.8 Å². The third-order valence-corrected chi connectivity index (χ3v) is 8.80. The number of hydrogen-bond acceptors (Lipinski definition) is 10. The highest BCUT2D eigenvalue weighted by atomic mass is 16.5. The molecule has 1 aliphatic carbocycles. The van der Waals surface area contributed by atoms with Crippen LogP contribution < -0.4 is 40.3 Å². The Bertz CT molecular complexity index is 1910. The van der Waals surface area contributed by atoms with Gasteiger partial charge in [-0.2, -0.15) is 4.98 Å². The monoisotopic (exact) mass is 670 g/mol. The number of aryl methyl sites for hydroxylation is 1. The molecule has 13 nitrogen and oxygen atoms in total. The summed E-state index contributed by atoms with van der Waals surface area (Å²) in [6, 6.07) is 12.9. The Morgan fingerprint density at radius 3 is 2.37 bits per heavy atom. The zero-order valence-electron chi connectivity index (χ0n) is 28.7. The van der Waals surface area contributed by atoms with Crippen molar-refractivity contribution in [1.82, 2.24) is 20.5 Å². The number of methoxy groups -OCH3 is 4. The first-order valence-electron chi connectivity index (χ1n) is 16.0. The van der Waals surface area contributed by atoms with Gasteiger partial charge in [0.1, 0.15) is 11.8 Å². The van der Waals surface area contributed by atoms with E-state index in [1.807, 2.05) is 44.2 Å².